The van der Waals surface area contributed by atoms with E-state index in [0.717, 1.165) is 6.07 Å². The molecule has 0 spiro atoms. The predicted octanol–water partition coefficient (Wildman–Crippen LogP) is 5.27. The monoisotopic (exact) mass is 469 g/mol. The molecule has 1 atom stereocenters. The van der Waals surface area contributed by atoms with Gasteiger partial charge < -0.3 is 10.1 Å². The Morgan fingerprint density at radius 1 is 1.12 bits per heavy atom. The van der Waals surface area contributed by atoms with Gasteiger partial charge in [-0.3, -0.25) is 9.36 Å². The molecule has 0 saturated carbocycles. The zero-order valence-corrected chi connectivity index (χ0v) is 18.1. The van der Waals surface area contributed by atoms with Gasteiger partial charge in [0.1, 0.15) is 28.4 Å². The fraction of sp³-hybridized carbons (Fsp3) is 0.318. The van der Waals surface area contributed by atoms with Crippen molar-refractivity contribution in [3.8, 4) is 5.69 Å². The number of carbonyl (C=O) groups is 1. The van der Waals surface area contributed by atoms with E-state index < -0.39 is 57.7 Å². The Hall–Kier alpha value is -3.50. The van der Waals surface area contributed by atoms with Gasteiger partial charge in [0, 0.05) is 0 Å². The van der Waals surface area contributed by atoms with Crippen molar-refractivity contribution in [3.63, 3.8) is 0 Å². The molecule has 0 aliphatic carbocycles. The lowest BCUT2D eigenvalue weighted by Crippen LogP contribution is -2.37. The number of hydrogen-bond acceptors (Lipinski definition) is 4. The molecule has 6 nitrogen and oxygen atoms in total. The van der Waals surface area contributed by atoms with Crippen molar-refractivity contribution in [2.75, 3.05) is 0 Å². The van der Waals surface area contributed by atoms with Crippen molar-refractivity contribution < 1.29 is 31.5 Å². The van der Waals surface area contributed by atoms with Gasteiger partial charge in [0.25, 0.3) is 5.56 Å². The largest absolute Gasteiger partial charge is 0.444 e. The Morgan fingerprint density at radius 3 is 2.39 bits per heavy atom. The second-order valence-electron chi connectivity index (χ2n) is 8.31. The molecule has 11 heteroatoms. The van der Waals surface area contributed by atoms with E-state index in [1.54, 1.807) is 20.8 Å². The summed E-state index contributed by atoms with van der Waals surface area (Å²) < 4.78 is 74.1. The van der Waals surface area contributed by atoms with Crippen molar-refractivity contribution in [2.45, 2.75) is 45.5 Å². The van der Waals surface area contributed by atoms with Gasteiger partial charge in [0.2, 0.25) is 0 Å². The fourth-order valence-corrected chi connectivity index (χ4v) is 3.16. The molecule has 1 amide bonds. The third kappa shape index (κ3) is 5.29. The summed E-state index contributed by atoms with van der Waals surface area (Å²) in [5.41, 5.74) is -3.89. The SMILES string of the molecule is C[C@H](NC(=O)OC(C)(C)C)c1nc2cccc(F)c2c(=O)n1-c1cc(F)cc(C(F)(F)F)c1. The summed E-state index contributed by atoms with van der Waals surface area (Å²) in [4.78, 5) is 29.6. The van der Waals surface area contributed by atoms with Crippen LogP contribution in [0.5, 0.6) is 0 Å². The molecule has 1 aromatic heterocycles. The van der Waals surface area contributed by atoms with Crippen LogP contribution in [0.1, 0.15) is 45.1 Å². The zero-order valence-electron chi connectivity index (χ0n) is 18.1. The number of nitrogens with zero attached hydrogens (tertiary/aromatic N) is 2. The van der Waals surface area contributed by atoms with Crippen molar-refractivity contribution in [1.29, 1.82) is 0 Å². The van der Waals surface area contributed by atoms with Crippen LogP contribution in [0.2, 0.25) is 0 Å². The molecule has 0 aliphatic rings. The summed E-state index contributed by atoms with van der Waals surface area (Å²) in [5.74, 6) is -2.47. The molecule has 2 aromatic carbocycles. The number of carbonyl (C=O) groups excluding carboxylic acids is 1. The summed E-state index contributed by atoms with van der Waals surface area (Å²) in [5, 5.41) is 1.94. The van der Waals surface area contributed by atoms with Crippen LogP contribution < -0.4 is 10.9 Å². The molecule has 0 bridgehead atoms. The Kier molecular flexibility index (Phi) is 6.18. The van der Waals surface area contributed by atoms with Gasteiger partial charge in [-0.25, -0.2) is 18.6 Å². The number of alkyl carbamates (subject to hydrolysis) is 1. The lowest BCUT2D eigenvalue weighted by Gasteiger charge is -2.23. The fourth-order valence-electron chi connectivity index (χ4n) is 3.16. The Morgan fingerprint density at radius 2 is 1.79 bits per heavy atom. The number of aromatic nitrogens is 2. The first-order valence-electron chi connectivity index (χ1n) is 9.76. The van der Waals surface area contributed by atoms with Crippen LogP contribution >= 0.6 is 0 Å². The smallest absolute Gasteiger partial charge is 0.416 e. The number of rotatable bonds is 3. The molecule has 33 heavy (non-hydrogen) atoms. The molecule has 0 unspecified atom stereocenters. The van der Waals surface area contributed by atoms with Crippen molar-refractivity contribution in [1.82, 2.24) is 14.9 Å². The van der Waals surface area contributed by atoms with Crippen molar-refractivity contribution in [3.05, 3.63) is 69.8 Å². The summed E-state index contributed by atoms with van der Waals surface area (Å²) in [6.07, 6.45) is -5.79. The molecule has 0 fully saturated rings. The van der Waals surface area contributed by atoms with E-state index in [2.05, 4.69) is 10.3 Å². The van der Waals surface area contributed by atoms with E-state index >= 15 is 0 Å². The van der Waals surface area contributed by atoms with E-state index in [4.69, 9.17) is 4.74 Å². The molecular formula is C22H20F5N3O3. The number of benzene rings is 2. The first-order chi connectivity index (χ1) is 15.2. The van der Waals surface area contributed by atoms with Gasteiger partial charge in [-0.05, 0) is 58.0 Å². The molecule has 176 valence electrons. The zero-order chi connectivity index (χ0) is 24.7. The molecule has 0 aliphatic heterocycles. The van der Waals surface area contributed by atoms with Gasteiger partial charge in [-0.15, -0.1) is 0 Å². The predicted molar refractivity (Wildman–Crippen MR) is 110 cm³/mol. The number of fused-ring (bicyclic) bond motifs is 1. The summed E-state index contributed by atoms with van der Waals surface area (Å²) in [7, 11) is 0. The second kappa shape index (κ2) is 8.45. The van der Waals surface area contributed by atoms with Gasteiger partial charge in [-0.2, -0.15) is 13.2 Å². The number of hydrogen-bond donors (Lipinski definition) is 1. The second-order valence-corrected chi connectivity index (χ2v) is 8.31. The van der Waals surface area contributed by atoms with Crippen LogP contribution in [0.4, 0.5) is 26.7 Å². The minimum Gasteiger partial charge on any atom is -0.444 e. The van der Waals surface area contributed by atoms with E-state index in [1.807, 2.05) is 0 Å². The minimum absolute atomic E-state index is 0.0865. The van der Waals surface area contributed by atoms with Gasteiger partial charge in [-0.1, -0.05) is 6.07 Å². The number of amides is 1. The third-order valence-electron chi connectivity index (χ3n) is 4.46. The van der Waals surface area contributed by atoms with Gasteiger partial charge >= 0.3 is 12.3 Å². The maximum Gasteiger partial charge on any atom is 0.416 e. The summed E-state index contributed by atoms with van der Waals surface area (Å²) in [6.45, 7) is 6.26. The van der Waals surface area contributed by atoms with E-state index in [9.17, 15) is 31.5 Å². The van der Waals surface area contributed by atoms with Crippen LogP contribution in [-0.2, 0) is 10.9 Å². The van der Waals surface area contributed by atoms with Gasteiger partial charge in [0.15, 0.2) is 0 Å². The Bertz CT molecular complexity index is 1280. The normalized spacial score (nSPS) is 13.1. The highest BCUT2D eigenvalue weighted by Gasteiger charge is 2.32. The average Bonchev–Trinajstić information content (AvgIpc) is 2.64. The Balaban J connectivity index is 2.27. The molecular weight excluding hydrogens is 449 g/mol. The number of nitrogens with one attached hydrogen (secondary N) is 1. The first-order valence-corrected chi connectivity index (χ1v) is 9.76. The van der Waals surface area contributed by atoms with E-state index in [-0.39, 0.29) is 17.4 Å². The van der Waals surface area contributed by atoms with Crippen LogP contribution in [0.15, 0.2) is 41.2 Å². The molecule has 0 radical (unpaired) electrons. The van der Waals surface area contributed by atoms with Crippen LogP contribution in [-0.4, -0.2) is 21.2 Å². The molecule has 1 N–H and O–H groups in total. The average molecular weight is 469 g/mol. The van der Waals surface area contributed by atoms with Crippen molar-refractivity contribution >= 4 is 17.0 Å². The van der Waals surface area contributed by atoms with Crippen molar-refractivity contribution in [2.24, 2.45) is 0 Å². The number of ether oxygens (including phenoxy) is 1. The minimum atomic E-state index is -4.91. The van der Waals surface area contributed by atoms with E-state index in [0.29, 0.717) is 16.7 Å². The maximum atomic E-state index is 14.4. The topological polar surface area (TPSA) is 73.2 Å². The first kappa shape index (κ1) is 24.1. The number of alkyl halides is 3. The van der Waals surface area contributed by atoms with E-state index in [1.165, 1.54) is 19.1 Å². The Labute approximate surface area is 185 Å². The van der Waals surface area contributed by atoms with Crippen LogP contribution in [0.25, 0.3) is 16.6 Å². The van der Waals surface area contributed by atoms with Crippen LogP contribution in [0.3, 0.4) is 0 Å². The summed E-state index contributed by atoms with van der Waals surface area (Å²) >= 11 is 0. The third-order valence-corrected chi connectivity index (χ3v) is 4.46. The quantitative estimate of drug-likeness (QED) is 0.531. The lowest BCUT2D eigenvalue weighted by molar-refractivity contribution is -0.137. The lowest BCUT2D eigenvalue weighted by atomic mass is 10.1. The highest BCUT2D eigenvalue weighted by Crippen LogP contribution is 2.32. The molecule has 3 aromatic rings. The highest BCUT2D eigenvalue weighted by molar-refractivity contribution is 5.79. The molecule has 0 saturated heterocycles. The molecule has 3 rings (SSSR count). The standard InChI is InChI=1S/C22H20F5N3O3/c1-11(28-20(32)33-21(2,3)4)18-29-16-7-5-6-15(24)17(16)19(31)30(18)14-9-12(22(25,26)27)8-13(23)10-14/h5-11H,1-4H3,(H,28,32)/t11-/m0/s1. The summed E-state index contributed by atoms with van der Waals surface area (Å²) in [6, 6.07) is 4.04. The van der Waals surface area contributed by atoms with Gasteiger partial charge in [0.05, 0.1) is 22.8 Å². The maximum absolute atomic E-state index is 14.4. The molecule has 1 heterocycles. The highest BCUT2D eigenvalue weighted by atomic mass is 19.4. The number of halogens is 5. The van der Waals surface area contributed by atoms with Crippen LogP contribution in [0, 0.1) is 11.6 Å².